The second-order valence-corrected chi connectivity index (χ2v) is 6.77. The third kappa shape index (κ3) is 4.25. The van der Waals surface area contributed by atoms with Crippen LogP contribution >= 0.6 is 11.6 Å². The minimum absolute atomic E-state index is 0.163. The van der Waals surface area contributed by atoms with Crippen LogP contribution in [0.25, 0.3) is 0 Å². The van der Waals surface area contributed by atoms with E-state index in [1.165, 1.54) is 0 Å². The molecule has 0 bridgehead atoms. The topological polar surface area (TPSA) is 64.4 Å². The summed E-state index contributed by atoms with van der Waals surface area (Å²) in [4.78, 5) is 26.3. The van der Waals surface area contributed by atoms with Crippen molar-refractivity contribution >= 4 is 23.5 Å². The number of ether oxygens (including phenoxy) is 1. The molecule has 1 aromatic carbocycles. The molecule has 2 heterocycles. The third-order valence-corrected chi connectivity index (χ3v) is 4.86. The Labute approximate surface area is 157 Å². The maximum absolute atomic E-state index is 12.4. The number of hydrogen-bond acceptors (Lipinski definition) is 4. The van der Waals surface area contributed by atoms with Gasteiger partial charge in [-0.1, -0.05) is 41.9 Å². The van der Waals surface area contributed by atoms with Crippen molar-refractivity contribution in [2.75, 3.05) is 19.7 Å². The van der Waals surface area contributed by atoms with Gasteiger partial charge in [0, 0.05) is 13.1 Å². The fourth-order valence-corrected chi connectivity index (χ4v) is 3.39. The van der Waals surface area contributed by atoms with E-state index in [1.54, 1.807) is 16.5 Å². The largest absolute Gasteiger partial charge is 0.452 e. The molecule has 0 unspecified atom stereocenters. The van der Waals surface area contributed by atoms with Crippen LogP contribution in [0.4, 0.5) is 0 Å². The van der Waals surface area contributed by atoms with Crippen LogP contribution < -0.4 is 0 Å². The number of piperidine rings is 1. The predicted molar refractivity (Wildman–Crippen MR) is 98.2 cm³/mol. The van der Waals surface area contributed by atoms with Crippen molar-refractivity contribution in [3.05, 3.63) is 52.3 Å². The summed E-state index contributed by atoms with van der Waals surface area (Å²) in [5.74, 6) is -0.777. The summed E-state index contributed by atoms with van der Waals surface area (Å²) in [6.07, 6.45) is 3.13. The first-order chi connectivity index (χ1) is 12.6. The quantitative estimate of drug-likeness (QED) is 0.753. The molecule has 3 rings (SSSR count). The zero-order valence-electron chi connectivity index (χ0n) is 14.8. The predicted octanol–water partition coefficient (Wildman–Crippen LogP) is 3.06. The van der Waals surface area contributed by atoms with E-state index in [4.69, 9.17) is 16.3 Å². The van der Waals surface area contributed by atoms with Gasteiger partial charge in [0.2, 0.25) is 0 Å². The van der Waals surface area contributed by atoms with Crippen molar-refractivity contribution in [2.24, 2.45) is 0 Å². The molecule has 0 N–H and O–H groups in total. The van der Waals surface area contributed by atoms with Gasteiger partial charge in [0.05, 0.1) is 12.2 Å². The lowest BCUT2D eigenvalue weighted by Gasteiger charge is -2.26. The van der Waals surface area contributed by atoms with Crippen LogP contribution in [-0.2, 0) is 16.1 Å². The number of carbonyl (C=O) groups is 2. The van der Waals surface area contributed by atoms with Crippen LogP contribution in [-0.4, -0.2) is 46.3 Å². The molecule has 7 heteroatoms. The smallest absolute Gasteiger partial charge is 0.343 e. The lowest BCUT2D eigenvalue weighted by atomic mass is 10.1. The van der Waals surface area contributed by atoms with E-state index in [0.717, 1.165) is 37.9 Å². The Hall–Kier alpha value is -2.34. The van der Waals surface area contributed by atoms with Crippen LogP contribution in [0.1, 0.15) is 40.9 Å². The lowest BCUT2D eigenvalue weighted by molar-refractivity contribution is -0.135. The number of carbonyl (C=O) groups excluding carboxylic acids is 2. The first-order valence-electron chi connectivity index (χ1n) is 8.78. The highest BCUT2D eigenvalue weighted by Gasteiger charge is 2.24. The number of esters is 1. The van der Waals surface area contributed by atoms with Gasteiger partial charge in [0.15, 0.2) is 6.61 Å². The van der Waals surface area contributed by atoms with E-state index in [0.29, 0.717) is 12.2 Å². The maximum Gasteiger partial charge on any atom is 0.343 e. The van der Waals surface area contributed by atoms with E-state index in [2.05, 4.69) is 5.10 Å². The molecule has 1 amide bonds. The highest BCUT2D eigenvalue weighted by Crippen LogP contribution is 2.22. The molecule has 0 aliphatic carbocycles. The summed E-state index contributed by atoms with van der Waals surface area (Å²) in [6, 6.07) is 9.72. The fourth-order valence-electron chi connectivity index (χ4n) is 3.08. The van der Waals surface area contributed by atoms with Gasteiger partial charge in [0.1, 0.15) is 10.7 Å². The molecule has 0 radical (unpaired) electrons. The van der Waals surface area contributed by atoms with Crippen molar-refractivity contribution in [1.82, 2.24) is 14.7 Å². The average molecular weight is 376 g/mol. The molecule has 6 nitrogen and oxygen atoms in total. The number of halogens is 1. The van der Waals surface area contributed by atoms with E-state index in [-0.39, 0.29) is 23.2 Å². The van der Waals surface area contributed by atoms with Crippen LogP contribution in [0.2, 0.25) is 5.15 Å². The van der Waals surface area contributed by atoms with Crippen molar-refractivity contribution in [2.45, 2.75) is 32.7 Å². The number of aromatic nitrogens is 2. The number of aryl methyl sites for hydroxylation is 1. The summed E-state index contributed by atoms with van der Waals surface area (Å²) in [5, 5.41) is 4.56. The van der Waals surface area contributed by atoms with Gasteiger partial charge in [-0.15, -0.1) is 0 Å². The van der Waals surface area contributed by atoms with Gasteiger partial charge in [-0.2, -0.15) is 5.10 Å². The van der Waals surface area contributed by atoms with Gasteiger partial charge in [-0.3, -0.25) is 4.79 Å². The minimum atomic E-state index is -0.614. The highest BCUT2D eigenvalue weighted by atomic mass is 35.5. The molecule has 138 valence electrons. The Morgan fingerprint density at radius 3 is 2.54 bits per heavy atom. The van der Waals surface area contributed by atoms with Gasteiger partial charge >= 0.3 is 5.97 Å². The van der Waals surface area contributed by atoms with Crippen LogP contribution in [0.5, 0.6) is 0 Å². The molecule has 0 spiro atoms. The average Bonchev–Trinajstić information content (AvgIpc) is 2.94. The molecule has 2 aromatic rings. The van der Waals surface area contributed by atoms with Crippen LogP contribution in [0, 0.1) is 6.92 Å². The van der Waals surface area contributed by atoms with Gasteiger partial charge in [-0.25, -0.2) is 9.48 Å². The number of likely N-dealkylation sites (tertiary alicyclic amines) is 1. The summed E-state index contributed by atoms with van der Waals surface area (Å²) in [7, 11) is 0. The molecular weight excluding hydrogens is 354 g/mol. The Bertz CT molecular complexity index is 783. The Morgan fingerprint density at radius 2 is 1.85 bits per heavy atom. The second kappa shape index (κ2) is 8.36. The summed E-state index contributed by atoms with van der Waals surface area (Å²) in [5.41, 5.74) is 1.73. The molecule has 1 aromatic heterocycles. The number of benzene rings is 1. The van der Waals surface area contributed by atoms with Crippen molar-refractivity contribution in [3.8, 4) is 0 Å². The van der Waals surface area contributed by atoms with E-state index in [9.17, 15) is 9.59 Å². The van der Waals surface area contributed by atoms with Crippen molar-refractivity contribution in [3.63, 3.8) is 0 Å². The monoisotopic (exact) mass is 375 g/mol. The molecular formula is C19H22ClN3O3. The zero-order chi connectivity index (χ0) is 18.5. The number of hydrogen-bond donors (Lipinski definition) is 0. The molecule has 0 atom stereocenters. The standard InChI is InChI=1S/C19H22ClN3O3/c1-14-17(18(20)23(21-14)12-15-8-4-2-5-9-15)19(25)26-13-16(24)22-10-6-3-7-11-22/h2,4-5,8-9H,3,6-7,10-13H2,1H3. The molecule has 1 fully saturated rings. The number of nitrogens with zero attached hydrogens (tertiary/aromatic N) is 3. The number of amides is 1. The Kier molecular flexibility index (Phi) is 5.93. The van der Waals surface area contributed by atoms with E-state index >= 15 is 0 Å². The second-order valence-electron chi connectivity index (χ2n) is 6.41. The van der Waals surface area contributed by atoms with Gasteiger partial charge < -0.3 is 9.64 Å². The molecule has 1 aliphatic rings. The molecule has 1 aliphatic heterocycles. The zero-order valence-corrected chi connectivity index (χ0v) is 15.5. The Balaban J connectivity index is 1.64. The van der Waals surface area contributed by atoms with Gasteiger partial charge in [0.25, 0.3) is 5.91 Å². The summed E-state index contributed by atoms with van der Waals surface area (Å²) >= 11 is 6.34. The first-order valence-corrected chi connectivity index (χ1v) is 9.16. The highest BCUT2D eigenvalue weighted by molar-refractivity contribution is 6.32. The summed E-state index contributed by atoms with van der Waals surface area (Å²) in [6.45, 7) is 3.35. The van der Waals surface area contributed by atoms with Crippen molar-refractivity contribution < 1.29 is 14.3 Å². The van der Waals surface area contributed by atoms with Crippen LogP contribution in [0.3, 0.4) is 0 Å². The normalized spacial score (nSPS) is 14.3. The first kappa shape index (κ1) is 18.5. The van der Waals surface area contributed by atoms with Gasteiger partial charge in [-0.05, 0) is 31.7 Å². The number of rotatable bonds is 5. The van der Waals surface area contributed by atoms with E-state index in [1.807, 2.05) is 30.3 Å². The lowest BCUT2D eigenvalue weighted by Crippen LogP contribution is -2.38. The third-order valence-electron chi connectivity index (χ3n) is 4.48. The van der Waals surface area contributed by atoms with E-state index < -0.39 is 5.97 Å². The maximum atomic E-state index is 12.4. The van der Waals surface area contributed by atoms with Crippen LogP contribution in [0.15, 0.2) is 30.3 Å². The van der Waals surface area contributed by atoms with Crippen molar-refractivity contribution in [1.29, 1.82) is 0 Å². The fraction of sp³-hybridized carbons (Fsp3) is 0.421. The Morgan fingerprint density at radius 1 is 1.15 bits per heavy atom. The molecule has 0 saturated carbocycles. The molecule has 26 heavy (non-hydrogen) atoms. The summed E-state index contributed by atoms with van der Waals surface area (Å²) < 4.78 is 6.77. The SMILES string of the molecule is Cc1nn(Cc2ccccc2)c(Cl)c1C(=O)OCC(=O)N1CCCCC1. The minimum Gasteiger partial charge on any atom is -0.452 e. The molecule has 1 saturated heterocycles.